The van der Waals surface area contributed by atoms with E-state index in [1.165, 1.54) is 18.4 Å². The maximum atomic E-state index is 12.7. The molecule has 124 valence electrons. The number of aromatic nitrogens is 2. The number of rotatable bonds is 4. The normalized spacial score (nSPS) is 12.1. The van der Waals surface area contributed by atoms with E-state index in [-0.39, 0.29) is 11.8 Å². The summed E-state index contributed by atoms with van der Waals surface area (Å²) < 4.78 is 5.24. The predicted molar refractivity (Wildman–Crippen MR) is 90.8 cm³/mol. The average Bonchev–Trinajstić information content (AvgIpc) is 3.23. The number of hydrogen-bond acceptors (Lipinski definition) is 6. The summed E-state index contributed by atoms with van der Waals surface area (Å²) in [5.74, 6) is -0.642. The van der Waals surface area contributed by atoms with E-state index in [0.29, 0.717) is 28.1 Å². The zero-order valence-corrected chi connectivity index (χ0v) is 14.2. The molecule has 8 heteroatoms. The Labute approximate surface area is 142 Å². The molecule has 0 aliphatic rings. The van der Waals surface area contributed by atoms with Crippen molar-refractivity contribution in [3.05, 3.63) is 34.8 Å². The Morgan fingerprint density at radius 2 is 2.17 bits per heavy atom. The van der Waals surface area contributed by atoms with Crippen LogP contribution in [0.2, 0.25) is 0 Å². The summed E-state index contributed by atoms with van der Waals surface area (Å²) in [6, 6.07) is 4.86. The van der Waals surface area contributed by atoms with Gasteiger partial charge in [-0.15, -0.1) is 11.3 Å². The summed E-state index contributed by atoms with van der Waals surface area (Å²) in [6.07, 6.45) is 0. The second-order valence-electron chi connectivity index (χ2n) is 5.29. The average molecular weight is 344 g/mol. The van der Waals surface area contributed by atoms with Gasteiger partial charge in [0, 0.05) is 7.05 Å². The van der Waals surface area contributed by atoms with Crippen molar-refractivity contribution in [2.45, 2.75) is 19.9 Å². The zero-order valence-electron chi connectivity index (χ0n) is 13.4. The van der Waals surface area contributed by atoms with Gasteiger partial charge in [0.25, 0.3) is 11.6 Å². The molecule has 2 N–H and O–H groups in total. The Balaban J connectivity index is 2.06. The molecule has 1 atom stereocenters. The van der Waals surface area contributed by atoms with Crippen LogP contribution in [0.3, 0.4) is 0 Å². The van der Waals surface area contributed by atoms with E-state index < -0.39 is 6.04 Å². The fourth-order valence-corrected chi connectivity index (χ4v) is 3.07. The molecular formula is C16H16N4O3S. The SMILES string of the molecule is CNC(=O)C(C)NC(=O)c1cc(-c2cccs2)nc2onc(C)c12. The first kappa shape index (κ1) is 16.1. The lowest BCUT2D eigenvalue weighted by Crippen LogP contribution is -2.43. The highest BCUT2D eigenvalue weighted by molar-refractivity contribution is 7.13. The number of aryl methyl sites for hydroxylation is 1. The van der Waals surface area contributed by atoms with Crippen LogP contribution in [0.4, 0.5) is 0 Å². The zero-order chi connectivity index (χ0) is 17.3. The Bertz CT molecular complexity index is 902. The molecule has 0 aromatic carbocycles. The Morgan fingerprint density at radius 3 is 2.83 bits per heavy atom. The van der Waals surface area contributed by atoms with Crippen molar-refractivity contribution >= 4 is 34.3 Å². The highest BCUT2D eigenvalue weighted by Gasteiger charge is 2.22. The van der Waals surface area contributed by atoms with Crippen molar-refractivity contribution in [3.63, 3.8) is 0 Å². The van der Waals surface area contributed by atoms with Gasteiger partial charge in [-0.05, 0) is 31.4 Å². The molecule has 0 saturated carbocycles. The fraction of sp³-hybridized carbons (Fsp3) is 0.250. The fourth-order valence-electron chi connectivity index (χ4n) is 2.38. The van der Waals surface area contributed by atoms with Gasteiger partial charge in [0.05, 0.1) is 27.2 Å². The summed E-state index contributed by atoms with van der Waals surface area (Å²) in [5, 5.41) is 11.6. The molecule has 0 radical (unpaired) electrons. The molecular weight excluding hydrogens is 328 g/mol. The molecule has 0 spiro atoms. The van der Waals surface area contributed by atoms with Crippen LogP contribution in [0.25, 0.3) is 21.7 Å². The molecule has 3 aromatic rings. The van der Waals surface area contributed by atoms with Gasteiger partial charge in [0.1, 0.15) is 6.04 Å². The number of nitrogens with one attached hydrogen (secondary N) is 2. The number of likely N-dealkylation sites (N-methyl/N-ethyl adjacent to an activating group) is 1. The third kappa shape index (κ3) is 2.88. The van der Waals surface area contributed by atoms with Gasteiger partial charge < -0.3 is 15.2 Å². The van der Waals surface area contributed by atoms with E-state index in [1.807, 2.05) is 17.5 Å². The van der Waals surface area contributed by atoms with Crippen molar-refractivity contribution in [1.82, 2.24) is 20.8 Å². The number of nitrogens with zero attached hydrogens (tertiary/aromatic N) is 2. The molecule has 0 aliphatic heterocycles. The molecule has 3 aromatic heterocycles. The second-order valence-corrected chi connectivity index (χ2v) is 6.24. The predicted octanol–water partition coefficient (Wildman–Crippen LogP) is 2.12. The number of thiophene rings is 1. The van der Waals surface area contributed by atoms with Crippen LogP contribution in [0.5, 0.6) is 0 Å². The molecule has 24 heavy (non-hydrogen) atoms. The molecule has 3 heterocycles. The first-order chi connectivity index (χ1) is 11.5. The van der Waals surface area contributed by atoms with Crippen LogP contribution in [0.15, 0.2) is 28.1 Å². The minimum Gasteiger partial charge on any atom is -0.357 e. The maximum absolute atomic E-state index is 12.7. The highest BCUT2D eigenvalue weighted by Crippen LogP contribution is 2.29. The van der Waals surface area contributed by atoms with Gasteiger partial charge in [0.15, 0.2) is 0 Å². The minimum absolute atomic E-state index is 0.269. The molecule has 2 amide bonds. The molecule has 7 nitrogen and oxygen atoms in total. The first-order valence-electron chi connectivity index (χ1n) is 7.34. The maximum Gasteiger partial charge on any atom is 0.259 e. The van der Waals surface area contributed by atoms with Crippen LogP contribution < -0.4 is 10.6 Å². The Hall–Kier alpha value is -2.74. The quantitative estimate of drug-likeness (QED) is 0.755. The molecule has 0 saturated heterocycles. The lowest BCUT2D eigenvalue weighted by molar-refractivity contribution is -0.122. The van der Waals surface area contributed by atoms with Gasteiger partial charge in [-0.3, -0.25) is 9.59 Å². The lowest BCUT2D eigenvalue weighted by Gasteiger charge is -2.13. The third-order valence-corrected chi connectivity index (χ3v) is 4.52. The second kappa shape index (κ2) is 6.40. The van der Waals surface area contributed by atoms with Crippen molar-refractivity contribution in [3.8, 4) is 10.6 Å². The summed E-state index contributed by atoms with van der Waals surface area (Å²) >= 11 is 1.51. The number of carbonyl (C=O) groups excluding carboxylic acids is 2. The van der Waals surface area contributed by atoms with Crippen LogP contribution in [0.1, 0.15) is 23.0 Å². The number of amides is 2. The van der Waals surface area contributed by atoms with Gasteiger partial charge in [-0.25, -0.2) is 4.98 Å². The number of pyridine rings is 1. The van der Waals surface area contributed by atoms with Gasteiger partial charge in [0.2, 0.25) is 5.91 Å². The molecule has 3 rings (SSSR count). The number of fused-ring (bicyclic) bond motifs is 1. The Morgan fingerprint density at radius 1 is 1.38 bits per heavy atom. The van der Waals surface area contributed by atoms with E-state index in [1.54, 1.807) is 19.9 Å². The summed E-state index contributed by atoms with van der Waals surface area (Å²) in [7, 11) is 1.52. The number of hydrogen-bond donors (Lipinski definition) is 2. The molecule has 0 bridgehead atoms. The monoisotopic (exact) mass is 344 g/mol. The van der Waals surface area contributed by atoms with Crippen molar-refractivity contribution in [1.29, 1.82) is 0 Å². The van der Waals surface area contributed by atoms with Crippen LogP contribution in [-0.2, 0) is 4.79 Å². The largest absolute Gasteiger partial charge is 0.357 e. The number of carbonyl (C=O) groups is 2. The van der Waals surface area contributed by atoms with E-state index in [4.69, 9.17) is 4.52 Å². The minimum atomic E-state index is -0.656. The van der Waals surface area contributed by atoms with Gasteiger partial charge in [-0.2, -0.15) is 0 Å². The van der Waals surface area contributed by atoms with E-state index in [0.717, 1.165) is 4.88 Å². The molecule has 0 fully saturated rings. The van der Waals surface area contributed by atoms with Crippen molar-refractivity contribution in [2.75, 3.05) is 7.05 Å². The Kier molecular flexibility index (Phi) is 4.30. The third-order valence-electron chi connectivity index (χ3n) is 3.62. The molecule has 1 unspecified atom stereocenters. The topological polar surface area (TPSA) is 97.1 Å². The standard InChI is InChI=1S/C16H16N4O3S/c1-8-13-10(15(22)18-9(2)14(21)17-3)7-11(12-5-4-6-24-12)19-16(13)23-20-8/h4-7,9H,1-3H3,(H,17,21)(H,18,22). The lowest BCUT2D eigenvalue weighted by atomic mass is 10.1. The van der Waals surface area contributed by atoms with E-state index >= 15 is 0 Å². The van der Waals surface area contributed by atoms with E-state index in [9.17, 15) is 9.59 Å². The van der Waals surface area contributed by atoms with Crippen molar-refractivity contribution in [2.24, 2.45) is 0 Å². The summed E-state index contributed by atoms with van der Waals surface area (Å²) in [6.45, 7) is 3.37. The smallest absolute Gasteiger partial charge is 0.259 e. The first-order valence-corrected chi connectivity index (χ1v) is 8.22. The van der Waals surface area contributed by atoms with Crippen LogP contribution in [-0.4, -0.2) is 35.0 Å². The van der Waals surface area contributed by atoms with Gasteiger partial charge >= 0.3 is 0 Å². The molecule has 0 aliphatic carbocycles. The summed E-state index contributed by atoms with van der Waals surface area (Å²) in [4.78, 5) is 29.7. The van der Waals surface area contributed by atoms with Crippen LogP contribution in [0, 0.1) is 6.92 Å². The van der Waals surface area contributed by atoms with Gasteiger partial charge in [-0.1, -0.05) is 11.2 Å². The highest BCUT2D eigenvalue weighted by atomic mass is 32.1. The van der Waals surface area contributed by atoms with Crippen LogP contribution >= 0.6 is 11.3 Å². The summed E-state index contributed by atoms with van der Waals surface area (Å²) in [5.41, 5.74) is 1.90. The van der Waals surface area contributed by atoms with E-state index in [2.05, 4.69) is 20.8 Å². The van der Waals surface area contributed by atoms with Crippen molar-refractivity contribution < 1.29 is 14.1 Å².